The van der Waals surface area contributed by atoms with Gasteiger partial charge in [0.1, 0.15) is 0 Å². The predicted molar refractivity (Wildman–Crippen MR) is 86.1 cm³/mol. The van der Waals surface area contributed by atoms with Crippen LogP contribution in [0.2, 0.25) is 0 Å². The van der Waals surface area contributed by atoms with Crippen molar-refractivity contribution in [2.75, 3.05) is 50.8 Å². The third-order valence-corrected chi connectivity index (χ3v) is 5.85. The molecule has 122 valence electrons. The average molecular weight is 325 g/mol. The third kappa shape index (κ3) is 3.78. The Morgan fingerprint density at radius 2 is 1.86 bits per heavy atom. The Labute approximate surface area is 132 Å². The Hall–Kier alpha value is -1.15. The smallest absolute Gasteiger partial charge is 0.279 e. The van der Waals surface area contributed by atoms with E-state index in [-0.39, 0.29) is 0 Å². The molecule has 1 aromatic carbocycles. The molecule has 2 fully saturated rings. The van der Waals surface area contributed by atoms with Crippen molar-refractivity contribution in [3.63, 3.8) is 0 Å². The lowest BCUT2D eigenvalue weighted by Crippen LogP contribution is -2.47. The summed E-state index contributed by atoms with van der Waals surface area (Å²) in [5.41, 5.74) is 1.21. The summed E-state index contributed by atoms with van der Waals surface area (Å²) in [5, 5.41) is 0. The van der Waals surface area contributed by atoms with E-state index in [9.17, 15) is 8.42 Å². The SMILES string of the molecule is O=S(=O)(NC[C@@H]1CCN(c2ccccc2)C1)N1CCOCC1. The molecule has 1 aromatic rings. The highest BCUT2D eigenvalue weighted by Crippen LogP contribution is 2.23. The van der Waals surface area contributed by atoms with Crippen LogP contribution in [-0.4, -0.2) is 58.7 Å². The second-order valence-electron chi connectivity index (χ2n) is 5.80. The second-order valence-corrected chi connectivity index (χ2v) is 7.56. The van der Waals surface area contributed by atoms with E-state index in [2.05, 4.69) is 21.8 Å². The van der Waals surface area contributed by atoms with Crippen LogP contribution in [-0.2, 0) is 14.9 Å². The molecule has 7 heteroatoms. The number of anilines is 1. The number of hydrogen-bond donors (Lipinski definition) is 1. The number of benzene rings is 1. The minimum absolute atomic E-state index is 0.357. The molecule has 3 rings (SSSR count). The van der Waals surface area contributed by atoms with Crippen molar-refractivity contribution in [2.45, 2.75) is 6.42 Å². The fourth-order valence-electron chi connectivity index (χ4n) is 2.97. The first kappa shape index (κ1) is 15.7. The highest BCUT2D eigenvalue weighted by atomic mass is 32.2. The Morgan fingerprint density at radius 3 is 2.59 bits per heavy atom. The predicted octanol–water partition coefficient (Wildman–Crippen LogP) is 0.679. The molecule has 0 aliphatic carbocycles. The molecule has 1 N–H and O–H groups in total. The van der Waals surface area contributed by atoms with Crippen LogP contribution < -0.4 is 9.62 Å². The van der Waals surface area contributed by atoms with Gasteiger partial charge in [0, 0.05) is 38.4 Å². The molecule has 0 radical (unpaired) electrons. The topological polar surface area (TPSA) is 61.9 Å². The van der Waals surface area contributed by atoms with Gasteiger partial charge in [0.2, 0.25) is 0 Å². The molecule has 2 saturated heterocycles. The Morgan fingerprint density at radius 1 is 1.14 bits per heavy atom. The summed E-state index contributed by atoms with van der Waals surface area (Å²) >= 11 is 0. The van der Waals surface area contributed by atoms with Gasteiger partial charge in [-0.2, -0.15) is 12.7 Å². The van der Waals surface area contributed by atoms with Crippen LogP contribution in [0.25, 0.3) is 0 Å². The molecule has 6 nitrogen and oxygen atoms in total. The lowest BCUT2D eigenvalue weighted by atomic mass is 10.1. The Bertz CT molecular complexity index is 573. The molecule has 0 saturated carbocycles. The molecule has 22 heavy (non-hydrogen) atoms. The fraction of sp³-hybridized carbons (Fsp3) is 0.600. The maximum absolute atomic E-state index is 12.2. The largest absolute Gasteiger partial charge is 0.379 e. The van der Waals surface area contributed by atoms with Crippen LogP contribution in [0.3, 0.4) is 0 Å². The van der Waals surface area contributed by atoms with Crippen molar-refractivity contribution < 1.29 is 13.2 Å². The van der Waals surface area contributed by atoms with Gasteiger partial charge in [-0.15, -0.1) is 0 Å². The summed E-state index contributed by atoms with van der Waals surface area (Å²) in [5.74, 6) is 0.357. The van der Waals surface area contributed by atoms with Crippen LogP contribution in [0.5, 0.6) is 0 Å². The molecule has 2 heterocycles. The normalized spacial score (nSPS) is 23.8. The van der Waals surface area contributed by atoms with E-state index in [1.165, 1.54) is 9.99 Å². The van der Waals surface area contributed by atoms with Crippen molar-refractivity contribution in [1.29, 1.82) is 0 Å². The number of para-hydroxylation sites is 1. The summed E-state index contributed by atoms with van der Waals surface area (Å²) < 4.78 is 33.9. The lowest BCUT2D eigenvalue weighted by molar-refractivity contribution is 0.0724. The number of nitrogens with one attached hydrogen (secondary N) is 1. The number of ether oxygens (including phenoxy) is 1. The fourth-order valence-corrected chi connectivity index (χ4v) is 4.23. The standard InChI is InChI=1S/C15H23N3O3S/c19-22(20,18-8-10-21-11-9-18)16-12-14-6-7-17(13-14)15-4-2-1-3-5-15/h1-5,14,16H,6-13H2/t14-/m0/s1. The lowest BCUT2D eigenvalue weighted by Gasteiger charge is -2.26. The molecule has 0 spiro atoms. The van der Waals surface area contributed by atoms with Crippen LogP contribution in [0.4, 0.5) is 5.69 Å². The van der Waals surface area contributed by atoms with E-state index in [0.29, 0.717) is 38.8 Å². The van der Waals surface area contributed by atoms with Gasteiger partial charge >= 0.3 is 0 Å². The highest BCUT2D eigenvalue weighted by Gasteiger charge is 2.27. The van der Waals surface area contributed by atoms with Crippen molar-refractivity contribution in [3.05, 3.63) is 30.3 Å². The van der Waals surface area contributed by atoms with Crippen molar-refractivity contribution >= 4 is 15.9 Å². The van der Waals surface area contributed by atoms with Crippen molar-refractivity contribution in [1.82, 2.24) is 9.03 Å². The van der Waals surface area contributed by atoms with E-state index >= 15 is 0 Å². The zero-order chi connectivity index (χ0) is 15.4. The minimum atomic E-state index is -3.37. The molecular formula is C15H23N3O3S. The highest BCUT2D eigenvalue weighted by molar-refractivity contribution is 7.87. The maximum Gasteiger partial charge on any atom is 0.279 e. The number of morpholine rings is 1. The van der Waals surface area contributed by atoms with Gasteiger partial charge in [0.15, 0.2) is 0 Å². The molecule has 2 aliphatic rings. The quantitative estimate of drug-likeness (QED) is 0.865. The molecule has 0 amide bonds. The molecule has 1 atom stereocenters. The maximum atomic E-state index is 12.2. The van der Waals surface area contributed by atoms with Gasteiger partial charge in [-0.3, -0.25) is 0 Å². The van der Waals surface area contributed by atoms with Gasteiger partial charge in [0.25, 0.3) is 10.2 Å². The first-order valence-corrected chi connectivity index (χ1v) is 9.21. The van der Waals surface area contributed by atoms with E-state index in [4.69, 9.17) is 4.74 Å². The van der Waals surface area contributed by atoms with E-state index in [1.54, 1.807) is 0 Å². The van der Waals surface area contributed by atoms with Gasteiger partial charge in [-0.1, -0.05) is 18.2 Å². The Balaban J connectivity index is 1.50. The third-order valence-electron chi connectivity index (χ3n) is 4.27. The first-order chi connectivity index (χ1) is 10.6. The van der Waals surface area contributed by atoms with Gasteiger partial charge < -0.3 is 9.64 Å². The van der Waals surface area contributed by atoms with Crippen molar-refractivity contribution in [2.24, 2.45) is 5.92 Å². The van der Waals surface area contributed by atoms with E-state index in [0.717, 1.165) is 19.5 Å². The van der Waals surface area contributed by atoms with Gasteiger partial charge in [0.05, 0.1) is 13.2 Å². The molecule has 0 unspecified atom stereocenters. The van der Waals surface area contributed by atoms with Gasteiger partial charge in [-0.05, 0) is 24.5 Å². The van der Waals surface area contributed by atoms with Crippen LogP contribution >= 0.6 is 0 Å². The molecule has 2 aliphatic heterocycles. The van der Waals surface area contributed by atoms with E-state index < -0.39 is 10.2 Å². The number of hydrogen-bond acceptors (Lipinski definition) is 4. The Kier molecular flexibility index (Phi) is 4.97. The summed E-state index contributed by atoms with van der Waals surface area (Å²) in [6, 6.07) is 10.3. The molecular weight excluding hydrogens is 302 g/mol. The zero-order valence-corrected chi connectivity index (χ0v) is 13.5. The first-order valence-electron chi connectivity index (χ1n) is 7.77. The van der Waals surface area contributed by atoms with Crippen LogP contribution in [0.15, 0.2) is 30.3 Å². The minimum Gasteiger partial charge on any atom is -0.379 e. The van der Waals surface area contributed by atoms with Gasteiger partial charge in [-0.25, -0.2) is 4.72 Å². The van der Waals surface area contributed by atoms with E-state index in [1.807, 2.05) is 18.2 Å². The summed E-state index contributed by atoms with van der Waals surface area (Å²) in [4.78, 5) is 2.31. The number of nitrogens with zero attached hydrogens (tertiary/aromatic N) is 2. The monoisotopic (exact) mass is 325 g/mol. The zero-order valence-electron chi connectivity index (χ0n) is 12.6. The van der Waals surface area contributed by atoms with Crippen LogP contribution in [0, 0.1) is 5.92 Å². The summed E-state index contributed by atoms with van der Waals surface area (Å²) in [6.07, 6.45) is 1.01. The number of rotatable bonds is 5. The molecule has 0 bridgehead atoms. The average Bonchev–Trinajstić information content (AvgIpc) is 3.04. The second kappa shape index (κ2) is 6.95. The van der Waals surface area contributed by atoms with Crippen LogP contribution in [0.1, 0.15) is 6.42 Å². The summed E-state index contributed by atoms with van der Waals surface area (Å²) in [6.45, 7) is 4.22. The summed E-state index contributed by atoms with van der Waals surface area (Å²) in [7, 11) is -3.37. The molecule has 0 aromatic heterocycles. The van der Waals surface area contributed by atoms with Crippen molar-refractivity contribution in [3.8, 4) is 0 Å².